The van der Waals surface area contributed by atoms with E-state index in [4.69, 9.17) is 0 Å². The van der Waals surface area contributed by atoms with E-state index < -0.39 is 10.2 Å². The van der Waals surface area contributed by atoms with Gasteiger partial charge in [-0.05, 0) is 46.2 Å². The molecule has 2 N–H and O–H groups in total. The fourth-order valence-corrected chi connectivity index (χ4v) is 3.94. The third-order valence-corrected chi connectivity index (χ3v) is 4.72. The summed E-state index contributed by atoms with van der Waals surface area (Å²) < 4.78 is 28.8. The van der Waals surface area contributed by atoms with E-state index in [1.54, 1.807) is 4.31 Å². The van der Waals surface area contributed by atoms with Gasteiger partial charge in [-0.1, -0.05) is 6.92 Å². The van der Waals surface area contributed by atoms with Crippen LogP contribution in [-0.2, 0) is 10.2 Å². The normalized spacial score (nSPS) is 18.1. The summed E-state index contributed by atoms with van der Waals surface area (Å²) >= 11 is 0. The van der Waals surface area contributed by atoms with Crippen LogP contribution in [0.4, 0.5) is 0 Å². The molecule has 1 heterocycles. The molecular weight excluding hydrogens is 274 g/mol. The topological polar surface area (TPSA) is 61.4 Å². The molecule has 1 saturated heterocycles. The minimum atomic E-state index is -3.33. The van der Waals surface area contributed by atoms with Gasteiger partial charge in [0.2, 0.25) is 0 Å². The Labute approximate surface area is 117 Å². The maximum absolute atomic E-state index is 12.2. The van der Waals surface area contributed by atoms with Crippen LogP contribution < -0.4 is 10.0 Å². The molecule has 1 fully saturated rings. The van der Waals surface area contributed by atoms with Crippen molar-refractivity contribution in [3.05, 3.63) is 0 Å². The highest BCUT2D eigenvalue weighted by Crippen LogP contribution is 2.16. The van der Waals surface area contributed by atoms with Crippen LogP contribution in [0.25, 0.3) is 0 Å². The van der Waals surface area contributed by atoms with Gasteiger partial charge in [-0.15, -0.1) is 12.4 Å². The van der Waals surface area contributed by atoms with Crippen LogP contribution in [-0.4, -0.2) is 44.4 Å². The van der Waals surface area contributed by atoms with Crippen LogP contribution in [0.5, 0.6) is 0 Å². The van der Waals surface area contributed by atoms with Crippen molar-refractivity contribution < 1.29 is 8.42 Å². The fourth-order valence-electron chi connectivity index (χ4n) is 2.18. The molecule has 18 heavy (non-hydrogen) atoms. The molecule has 0 aromatic rings. The first-order chi connectivity index (χ1) is 7.97. The van der Waals surface area contributed by atoms with E-state index in [1.807, 2.05) is 20.8 Å². The molecule has 1 aliphatic rings. The number of rotatable bonds is 6. The third-order valence-electron chi connectivity index (χ3n) is 2.85. The van der Waals surface area contributed by atoms with Crippen molar-refractivity contribution in [1.82, 2.24) is 14.3 Å². The van der Waals surface area contributed by atoms with Gasteiger partial charge in [0.05, 0.1) is 0 Å². The van der Waals surface area contributed by atoms with Gasteiger partial charge >= 0.3 is 0 Å². The van der Waals surface area contributed by atoms with Crippen molar-refractivity contribution in [2.75, 3.05) is 19.6 Å². The van der Waals surface area contributed by atoms with Gasteiger partial charge in [-0.25, -0.2) is 0 Å². The second kappa shape index (κ2) is 8.32. The number of piperidine rings is 1. The zero-order valence-corrected chi connectivity index (χ0v) is 13.1. The summed E-state index contributed by atoms with van der Waals surface area (Å²) in [7, 11) is -3.33. The molecule has 0 atom stereocenters. The molecule has 0 amide bonds. The average Bonchev–Trinajstić information content (AvgIpc) is 2.25. The average molecular weight is 300 g/mol. The summed E-state index contributed by atoms with van der Waals surface area (Å²) in [5, 5.41) is 3.26. The van der Waals surface area contributed by atoms with Crippen LogP contribution in [0.3, 0.4) is 0 Å². The van der Waals surface area contributed by atoms with Crippen molar-refractivity contribution in [1.29, 1.82) is 0 Å². The van der Waals surface area contributed by atoms with E-state index in [1.165, 1.54) is 0 Å². The minimum Gasteiger partial charge on any atom is -0.317 e. The predicted octanol–water partition coefficient (Wildman–Crippen LogP) is 1.11. The number of hydrogen-bond donors (Lipinski definition) is 2. The molecule has 0 spiro atoms. The summed E-state index contributed by atoms with van der Waals surface area (Å²) in [4.78, 5) is 0. The Balaban J connectivity index is 0.00000289. The monoisotopic (exact) mass is 299 g/mol. The largest absolute Gasteiger partial charge is 0.317 e. The first-order valence-electron chi connectivity index (χ1n) is 6.47. The molecule has 0 aromatic heterocycles. The van der Waals surface area contributed by atoms with E-state index in [0.29, 0.717) is 6.54 Å². The summed E-state index contributed by atoms with van der Waals surface area (Å²) in [6, 6.07) is 0.0912. The SMILES string of the molecule is CCCN(C1CCNCC1)S(=O)(=O)NC(C)C.Cl. The summed E-state index contributed by atoms with van der Waals surface area (Å²) in [5.41, 5.74) is 0. The Morgan fingerprint density at radius 2 is 1.89 bits per heavy atom. The van der Waals surface area contributed by atoms with Crippen molar-refractivity contribution in [3.63, 3.8) is 0 Å². The Morgan fingerprint density at radius 3 is 2.33 bits per heavy atom. The number of nitrogens with zero attached hydrogens (tertiary/aromatic N) is 1. The van der Waals surface area contributed by atoms with Crippen LogP contribution in [0.1, 0.15) is 40.0 Å². The molecule has 110 valence electrons. The molecule has 0 saturated carbocycles. The molecule has 0 radical (unpaired) electrons. The molecule has 7 heteroatoms. The standard InChI is InChI=1S/C11H25N3O2S.ClH/c1-4-9-14(11-5-7-12-8-6-11)17(15,16)13-10(2)3;/h10-13H,4-9H2,1-3H3;1H. The van der Waals surface area contributed by atoms with E-state index >= 15 is 0 Å². The van der Waals surface area contributed by atoms with Gasteiger partial charge in [-0.2, -0.15) is 17.4 Å². The Kier molecular flexibility index (Phi) is 8.38. The van der Waals surface area contributed by atoms with Crippen LogP contribution in [0.15, 0.2) is 0 Å². The predicted molar refractivity (Wildman–Crippen MR) is 77.3 cm³/mol. The summed E-state index contributed by atoms with van der Waals surface area (Å²) in [6.07, 6.45) is 2.65. The molecule has 0 bridgehead atoms. The molecule has 5 nitrogen and oxygen atoms in total. The quantitative estimate of drug-likeness (QED) is 0.772. The van der Waals surface area contributed by atoms with E-state index in [2.05, 4.69) is 10.0 Å². The van der Waals surface area contributed by atoms with E-state index in [0.717, 1.165) is 32.4 Å². The smallest absolute Gasteiger partial charge is 0.279 e. The number of halogens is 1. The molecular formula is C11H26ClN3O2S. The van der Waals surface area contributed by atoms with Gasteiger partial charge in [0.25, 0.3) is 10.2 Å². The van der Waals surface area contributed by atoms with E-state index in [-0.39, 0.29) is 24.5 Å². The highest BCUT2D eigenvalue weighted by Gasteiger charge is 2.30. The zero-order chi connectivity index (χ0) is 12.9. The molecule has 0 aromatic carbocycles. The fraction of sp³-hybridized carbons (Fsp3) is 1.00. The second-order valence-electron chi connectivity index (χ2n) is 4.87. The number of nitrogens with one attached hydrogen (secondary N) is 2. The Morgan fingerprint density at radius 1 is 1.33 bits per heavy atom. The lowest BCUT2D eigenvalue weighted by atomic mass is 10.1. The van der Waals surface area contributed by atoms with Gasteiger partial charge in [0, 0.05) is 18.6 Å². The Bertz CT molecular complexity index is 316. The third kappa shape index (κ3) is 5.40. The van der Waals surface area contributed by atoms with Crippen molar-refractivity contribution in [2.24, 2.45) is 0 Å². The van der Waals surface area contributed by atoms with Crippen LogP contribution in [0, 0.1) is 0 Å². The molecule has 0 aliphatic carbocycles. The van der Waals surface area contributed by atoms with Crippen LogP contribution >= 0.6 is 12.4 Å². The lowest BCUT2D eigenvalue weighted by Gasteiger charge is -2.34. The van der Waals surface area contributed by atoms with Gasteiger partial charge in [-0.3, -0.25) is 0 Å². The highest BCUT2D eigenvalue weighted by atomic mass is 35.5. The highest BCUT2D eigenvalue weighted by molar-refractivity contribution is 7.87. The lowest BCUT2D eigenvalue weighted by Crippen LogP contribution is -2.51. The van der Waals surface area contributed by atoms with Crippen molar-refractivity contribution >= 4 is 22.6 Å². The van der Waals surface area contributed by atoms with Gasteiger partial charge in [0.1, 0.15) is 0 Å². The Hall–Kier alpha value is 0.120. The first kappa shape index (κ1) is 18.1. The van der Waals surface area contributed by atoms with E-state index in [9.17, 15) is 8.42 Å². The maximum Gasteiger partial charge on any atom is 0.279 e. The zero-order valence-electron chi connectivity index (χ0n) is 11.5. The lowest BCUT2D eigenvalue weighted by molar-refractivity contribution is 0.258. The van der Waals surface area contributed by atoms with Crippen molar-refractivity contribution in [2.45, 2.75) is 52.1 Å². The summed E-state index contributed by atoms with van der Waals surface area (Å²) in [6.45, 7) is 8.13. The minimum absolute atomic E-state index is 0. The summed E-state index contributed by atoms with van der Waals surface area (Å²) in [5.74, 6) is 0. The van der Waals surface area contributed by atoms with Gasteiger partial charge in [0.15, 0.2) is 0 Å². The second-order valence-corrected chi connectivity index (χ2v) is 6.52. The molecule has 1 aliphatic heterocycles. The van der Waals surface area contributed by atoms with Gasteiger partial charge < -0.3 is 5.32 Å². The number of hydrogen-bond acceptors (Lipinski definition) is 3. The molecule has 0 unspecified atom stereocenters. The van der Waals surface area contributed by atoms with Crippen LogP contribution in [0.2, 0.25) is 0 Å². The first-order valence-corrected chi connectivity index (χ1v) is 7.91. The van der Waals surface area contributed by atoms with Crippen molar-refractivity contribution in [3.8, 4) is 0 Å². The molecule has 1 rings (SSSR count). The maximum atomic E-state index is 12.2.